The molecule has 3 N–H and O–H groups in total. The molecule has 8 heteroatoms. The van der Waals surface area contributed by atoms with Crippen LogP contribution in [-0.2, 0) is 31.6 Å². The molecule has 0 aliphatic carbocycles. The van der Waals surface area contributed by atoms with E-state index in [1.54, 1.807) is 0 Å². The van der Waals surface area contributed by atoms with Gasteiger partial charge in [0.1, 0.15) is 0 Å². The van der Waals surface area contributed by atoms with Crippen molar-refractivity contribution in [3.8, 4) is 0 Å². The van der Waals surface area contributed by atoms with Crippen LogP contribution >= 0.6 is 7.60 Å². The van der Waals surface area contributed by atoms with Crippen LogP contribution in [0, 0.1) is 0 Å². The van der Waals surface area contributed by atoms with Gasteiger partial charge in [0.2, 0.25) is 5.91 Å². The number of nitrogens with one attached hydrogen (secondary N) is 1. The van der Waals surface area contributed by atoms with E-state index in [9.17, 15) is 19.4 Å². The first-order valence-electron chi connectivity index (χ1n) is 13.5. The predicted molar refractivity (Wildman–Crippen MR) is 147 cm³/mol. The lowest BCUT2D eigenvalue weighted by molar-refractivity contribution is -0.122. The average Bonchev–Trinajstić information content (AvgIpc) is 2.90. The SMILES string of the molecule is CCCCCCC(COP(=O)(O)C(O)COCc1ccccc1)NC(=O)CCCCCc1ccccc1. The van der Waals surface area contributed by atoms with Crippen molar-refractivity contribution in [2.24, 2.45) is 0 Å². The van der Waals surface area contributed by atoms with E-state index in [2.05, 4.69) is 24.4 Å². The normalized spacial score (nSPS) is 14.6. The van der Waals surface area contributed by atoms with Crippen molar-refractivity contribution >= 4 is 13.5 Å². The molecule has 2 rings (SSSR count). The van der Waals surface area contributed by atoms with E-state index >= 15 is 0 Å². The Labute approximate surface area is 222 Å². The summed E-state index contributed by atoms with van der Waals surface area (Å²) >= 11 is 0. The molecule has 0 heterocycles. The predicted octanol–water partition coefficient (Wildman–Crippen LogP) is 5.98. The molecule has 0 saturated carbocycles. The molecule has 0 spiro atoms. The van der Waals surface area contributed by atoms with Crippen molar-refractivity contribution in [3.05, 3.63) is 71.8 Å². The number of carbonyl (C=O) groups excluding carboxylic acids is 1. The fourth-order valence-electron chi connectivity index (χ4n) is 3.98. The molecule has 2 aromatic carbocycles. The van der Waals surface area contributed by atoms with Gasteiger partial charge in [-0.25, -0.2) is 0 Å². The second kappa shape index (κ2) is 18.3. The van der Waals surface area contributed by atoms with E-state index in [1.165, 1.54) is 5.56 Å². The smallest absolute Gasteiger partial charge is 0.358 e. The minimum Gasteiger partial charge on any atom is -0.378 e. The number of hydrogen-bond acceptors (Lipinski definition) is 5. The highest BCUT2D eigenvalue weighted by Gasteiger charge is 2.32. The number of carbonyl (C=O) groups is 1. The molecular weight excluding hydrogens is 489 g/mol. The lowest BCUT2D eigenvalue weighted by atomic mass is 10.1. The molecule has 0 fully saturated rings. The van der Waals surface area contributed by atoms with E-state index in [1.807, 2.05) is 48.5 Å². The molecule has 1 amide bonds. The van der Waals surface area contributed by atoms with E-state index in [0.717, 1.165) is 56.9 Å². The summed E-state index contributed by atoms with van der Waals surface area (Å²) in [6.45, 7) is 1.90. The van der Waals surface area contributed by atoms with Gasteiger partial charge in [0.15, 0.2) is 5.85 Å². The number of aliphatic hydroxyl groups is 1. The van der Waals surface area contributed by atoms with Crippen LogP contribution in [0.4, 0.5) is 0 Å². The largest absolute Gasteiger partial charge is 0.378 e. The summed E-state index contributed by atoms with van der Waals surface area (Å²) < 4.78 is 23.2. The molecule has 206 valence electrons. The Morgan fingerprint density at radius 3 is 2.22 bits per heavy atom. The zero-order valence-corrected chi connectivity index (χ0v) is 23.0. The van der Waals surface area contributed by atoms with Gasteiger partial charge in [-0.1, -0.05) is 99.7 Å². The molecule has 0 aromatic heterocycles. The molecule has 0 radical (unpaired) electrons. The first-order valence-corrected chi connectivity index (χ1v) is 15.2. The summed E-state index contributed by atoms with van der Waals surface area (Å²) in [6, 6.07) is 19.3. The number of benzene rings is 2. The number of amides is 1. The summed E-state index contributed by atoms with van der Waals surface area (Å²) in [7, 11) is -4.33. The Bertz CT molecular complexity index is 911. The first-order chi connectivity index (χ1) is 17.9. The Kier molecular flexibility index (Phi) is 15.4. The highest BCUT2D eigenvalue weighted by Crippen LogP contribution is 2.46. The minimum atomic E-state index is -4.33. The maximum Gasteiger partial charge on any atom is 0.358 e. The molecule has 0 aliphatic rings. The molecule has 0 saturated heterocycles. The van der Waals surface area contributed by atoms with Gasteiger partial charge in [0.05, 0.1) is 25.9 Å². The third-order valence-corrected chi connectivity index (χ3v) is 7.62. The lowest BCUT2D eigenvalue weighted by Crippen LogP contribution is -2.38. The van der Waals surface area contributed by atoms with E-state index in [0.29, 0.717) is 12.8 Å². The average molecular weight is 534 g/mol. The maximum absolute atomic E-state index is 12.6. The van der Waals surface area contributed by atoms with Crippen LogP contribution in [0.5, 0.6) is 0 Å². The van der Waals surface area contributed by atoms with Crippen molar-refractivity contribution in [2.45, 2.75) is 89.6 Å². The van der Waals surface area contributed by atoms with Crippen LogP contribution < -0.4 is 5.32 Å². The molecule has 37 heavy (non-hydrogen) atoms. The minimum absolute atomic E-state index is 0.0803. The summed E-state index contributed by atoms with van der Waals surface area (Å²) in [4.78, 5) is 22.8. The summed E-state index contributed by atoms with van der Waals surface area (Å²) in [6.07, 6.45) is 8.94. The number of aryl methyl sites for hydroxylation is 1. The fraction of sp³-hybridized carbons (Fsp3) is 0.552. The number of aliphatic hydroxyl groups excluding tert-OH is 1. The summed E-state index contributed by atoms with van der Waals surface area (Å²) in [5.74, 6) is -1.74. The first kappa shape index (κ1) is 31.2. The Morgan fingerprint density at radius 1 is 0.892 bits per heavy atom. The number of unbranched alkanes of at least 4 members (excludes halogenated alkanes) is 5. The van der Waals surface area contributed by atoms with E-state index < -0.39 is 13.4 Å². The molecule has 3 unspecified atom stereocenters. The molecule has 0 bridgehead atoms. The quantitative estimate of drug-likeness (QED) is 0.143. The van der Waals surface area contributed by atoms with Crippen LogP contribution in [0.3, 0.4) is 0 Å². The fourth-order valence-corrected chi connectivity index (χ4v) is 4.84. The monoisotopic (exact) mass is 533 g/mol. The second-order valence-electron chi connectivity index (χ2n) is 9.50. The Balaban J connectivity index is 1.74. The Morgan fingerprint density at radius 2 is 1.54 bits per heavy atom. The van der Waals surface area contributed by atoms with Crippen molar-refractivity contribution in [1.82, 2.24) is 5.32 Å². The summed E-state index contributed by atoms with van der Waals surface area (Å²) in [5.41, 5.74) is 2.20. The third kappa shape index (κ3) is 13.9. The third-order valence-electron chi connectivity index (χ3n) is 6.20. The molecule has 2 aromatic rings. The molecule has 0 aliphatic heterocycles. The van der Waals surface area contributed by atoms with Crippen LogP contribution in [0.15, 0.2) is 60.7 Å². The lowest BCUT2D eigenvalue weighted by Gasteiger charge is -2.23. The van der Waals surface area contributed by atoms with Crippen LogP contribution in [0.25, 0.3) is 0 Å². The maximum atomic E-state index is 12.6. The number of ether oxygens (including phenoxy) is 1. The molecule has 7 nitrogen and oxygen atoms in total. The standard InChI is InChI=1S/C29H44NO6P/c1-2-3-4-13-20-27(30-28(31)21-14-7-10-17-25-15-8-5-9-16-25)23-36-37(33,34)29(32)24-35-22-26-18-11-6-12-19-26/h5-6,8-9,11-12,15-16,18-19,27,29,32H,2-4,7,10,13-14,17,20-24H2,1H3,(H,30,31)(H,33,34). The van der Waals surface area contributed by atoms with Gasteiger partial charge in [-0.05, 0) is 36.8 Å². The topological polar surface area (TPSA) is 105 Å². The zero-order valence-electron chi connectivity index (χ0n) is 22.1. The van der Waals surface area contributed by atoms with Crippen molar-refractivity contribution in [1.29, 1.82) is 0 Å². The zero-order chi connectivity index (χ0) is 26.8. The number of rotatable bonds is 20. The van der Waals surface area contributed by atoms with Gasteiger partial charge in [-0.15, -0.1) is 0 Å². The van der Waals surface area contributed by atoms with Gasteiger partial charge in [-0.3, -0.25) is 9.36 Å². The highest BCUT2D eigenvalue weighted by molar-refractivity contribution is 7.53. The van der Waals surface area contributed by atoms with Crippen molar-refractivity contribution in [2.75, 3.05) is 13.2 Å². The van der Waals surface area contributed by atoms with Gasteiger partial charge in [0, 0.05) is 6.42 Å². The van der Waals surface area contributed by atoms with Crippen LogP contribution in [0.2, 0.25) is 0 Å². The van der Waals surface area contributed by atoms with E-state index in [-0.39, 0.29) is 31.8 Å². The van der Waals surface area contributed by atoms with Gasteiger partial charge < -0.3 is 24.6 Å². The molecule has 3 atom stereocenters. The number of hydrogen-bond donors (Lipinski definition) is 3. The highest BCUT2D eigenvalue weighted by atomic mass is 31.2. The van der Waals surface area contributed by atoms with Gasteiger partial charge >= 0.3 is 7.60 Å². The van der Waals surface area contributed by atoms with Gasteiger partial charge in [0.25, 0.3) is 0 Å². The Hall–Kier alpha value is -2.02. The molecular formula is C29H44NO6P. The summed E-state index contributed by atoms with van der Waals surface area (Å²) in [5, 5.41) is 13.2. The van der Waals surface area contributed by atoms with Gasteiger partial charge in [-0.2, -0.15) is 0 Å². The van der Waals surface area contributed by atoms with Crippen molar-refractivity contribution in [3.63, 3.8) is 0 Å². The van der Waals surface area contributed by atoms with E-state index in [4.69, 9.17) is 9.26 Å². The second-order valence-corrected chi connectivity index (χ2v) is 11.5. The van der Waals surface area contributed by atoms with Crippen LogP contribution in [-0.4, -0.2) is 41.0 Å². The van der Waals surface area contributed by atoms with Crippen LogP contribution in [0.1, 0.15) is 75.8 Å². The van der Waals surface area contributed by atoms with Crippen molar-refractivity contribution < 1.29 is 28.6 Å².